The maximum atomic E-state index is 12.9. The molecular weight excluding hydrogens is 440 g/mol. The van der Waals surface area contributed by atoms with Gasteiger partial charge in [0.25, 0.3) is 11.7 Å². The molecule has 1 aromatic heterocycles. The normalized spacial score (nSPS) is 10.9. The van der Waals surface area contributed by atoms with Crippen LogP contribution in [0.2, 0.25) is 0 Å². The number of carbonyl (C=O) groups is 4. The van der Waals surface area contributed by atoms with E-state index in [0.29, 0.717) is 24.2 Å². The van der Waals surface area contributed by atoms with E-state index >= 15 is 0 Å². The van der Waals surface area contributed by atoms with Gasteiger partial charge >= 0.3 is 11.9 Å². The van der Waals surface area contributed by atoms with Crippen molar-refractivity contribution in [3.05, 3.63) is 64.8 Å². The number of hydrogen-bond donors (Lipinski definition) is 2. The van der Waals surface area contributed by atoms with Crippen LogP contribution in [0.25, 0.3) is 10.9 Å². The molecule has 0 unspecified atom stereocenters. The number of fused-ring (bicyclic) bond motifs is 1. The fourth-order valence-corrected chi connectivity index (χ4v) is 3.82. The number of amides is 1. The molecule has 3 N–H and O–H groups in total. The third kappa shape index (κ3) is 5.09. The molecule has 0 aliphatic carbocycles. The summed E-state index contributed by atoms with van der Waals surface area (Å²) in [4.78, 5) is 48.7. The van der Waals surface area contributed by atoms with E-state index < -0.39 is 30.2 Å². The number of aliphatic carboxylic acids is 1. The second kappa shape index (κ2) is 10.2. The van der Waals surface area contributed by atoms with E-state index in [-0.39, 0.29) is 28.4 Å². The molecule has 0 fully saturated rings. The smallest absolute Gasteiger partial charge is 0.341 e. The molecule has 0 aliphatic heterocycles. The molecule has 178 valence electrons. The van der Waals surface area contributed by atoms with E-state index in [1.165, 1.54) is 6.07 Å². The summed E-state index contributed by atoms with van der Waals surface area (Å²) in [5.74, 6) is -3.98. The molecule has 1 amide bonds. The highest BCUT2D eigenvalue weighted by atomic mass is 16.5. The van der Waals surface area contributed by atoms with Crippen molar-refractivity contribution in [3.63, 3.8) is 0 Å². The van der Waals surface area contributed by atoms with Gasteiger partial charge in [-0.15, -0.1) is 0 Å². The van der Waals surface area contributed by atoms with Crippen LogP contribution in [0.5, 0.6) is 5.75 Å². The molecule has 0 radical (unpaired) electrons. The summed E-state index contributed by atoms with van der Waals surface area (Å²) in [5, 5.41) is 9.37. The number of esters is 1. The number of nitrogens with zero attached hydrogens (tertiary/aromatic N) is 1. The van der Waals surface area contributed by atoms with Gasteiger partial charge < -0.3 is 24.9 Å². The van der Waals surface area contributed by atoms with E-state index in [0.717, 1.165) is 5.56 Å². The predicted octanol–water partition coefficient (Wildman–Crippen LogP) is 2.95. The van der Waals surface area contributed by atoms with Crippen LogP contribution in [0, 0.1) is 0 Å². The number of ether oxygens (including phenoxy) is 2. The highest BCUT2D eigenvalue weighted by Gasteiger charge is 2.29. The molecule has 0 atom stereocenters. The Morgan fingerprint density at radius 3 is 2.32 bits per heavy atom. The maximum absolute atomic E-state index is 12.9. The Morgan fingerprint density at radius 2 is 1.76 bits per heavy atom. The molecule has 34 heavy (non-hydrogen) atoms. The van der Waals surface area contributed by atoms with Crippen molar-refractivity contribution in [1.82, 2.24) is 4.57 Å². The number of rotatable bonds is 10. The van der Waals surface area contributed by atoms with Crippen molar-refractivity contribution in [2.75, 3.05) is 6.61 Å². The first-order valence-electron chi connectivity index (χ1n) is 10.8. The Hall–Kier alpha value is -4.14. The van der Waals surface area contributed by atoms with Gasteiger partial charge in [0, 0.05) is 12.2 Å². The van der Waals surface area contributed by atoms with Crippen LogP contribution in [-0.2, 0) is 27.3 Å². The Bertz CT molecular complexity index is 1260. The Kier molecular flexibility index (Phi) is 7.35. The van der Waals surface area contributed by atoms with Crippen LogP contribution in [-0.4, -0.2) is 46.0 Å². The second-order valence-electron chi connectivity index (χ2n) is 7.95. The molecule has 3 rings (SSSR count). The number of benzene rings is 2. The average molecular weight is 466 g/mol. The fraction of sp³-hybridized carbons (Fsp3) is 0.280. The Labute approximate surface area is 196 Å². The van der Waals surface area contributed by atoms with Gasteiger partial charge in [0.05, 0.1) is 28.1 Å². The number of aromatic nitrogens is 1. The fourth-order valence-electron chi connectivity index (χ4n) is 3.82. The summed E-state index contributed by atoms with van der Waals surface area (Å²) in [6, 6.07) is 12.3. The van der Waals surface area contributed by atoms with Crippen LogP contribution in [0.3, 0.4) is 0 Å². The highest BCUT2D eigenvalue weighted by molar-refractivity contribution is 6.45. The van der Waals surface area contributed by atoms with E-state index in [1.807, 2.05) is 37.3 Å². The first kappa shape index (κ1) is 24.5. The monoisotopic (exact) mass is 466 g/mol. The van der Waals surface area contributed by atoms with Crippen molar-refractivity contribution >= 4 is 34.5 Å². The van der Waals surface area contributed by atoms with E-state index in [4.69, 9.17) is 20.3 Å². The van der Waals surface area contributed by atoms with Gasteiger partial charge in [-0.2, -0.15) is 0 Å². The number of nitrogens with two attached hydrogens (primary N) is 1. The van der Waals surface area contributed by atoms with Gasteiger partial charge in [0.15, 0.2) is 6.61 Å². The molecule has 9 nitrogen and oxygen atoms in total. The van der Waals surface area contributed by atoms with Crippen molar-refractivity contribution in [2.24, 2.45) is 5.73 Å². The van der Waals surface area contributed by atoms with Gasteiger partial charge in [-0.05, 0) is 38.0 Å². The number of Topliss-reactive ketones (excluding diaryl/α,β-unsaturated/α-hetero) is 1. The minimum Gasteiger partial charge on any atom is -0.481 e. The highest BCUT2D eigenvalue weighted by Crippen LogP contribution is 2.37. The average Bonchev–Trinajstić information content (AvgIpc) is 3.10. The Morgan fingerprint density at radius 1 is 1.09 bits per heavy atom. The third-order valence-corrected chi connectivity index (χ3v) is 5.14. The summed E-state index contributed by atoms with van der Waals surface area (Å²) >= 11 is 0. The van der Waals surface area contributed by atoms with Gasteiger partial charge in [0.2, 0.25) is 0 Å². The summed E-state index contributed by atoms with van der Waals surface area (Å²) in [7, 11) is 0. The zero-order chi connectivity index (χ0) is 25.0. The molecule has 0 saturated carbocycles. The van der Waals surface area contributed by atoms with Crippen LogP contribution >= 0.6 is 0 Å². The molecule has 2 aromatic carbocycles. The second-order valence-corrected chi connectivity index (χ2v) is 7.95. The van der Waals surface area contributed by atoms with E-state index in [1.54, 1.807) is 24.5 Å². The molecule has 3 aromatic rings. The van der Waals surface area contributed by atoms with Crippen molar-refractivity contribution < 1.29 is 33.8 Å². The topological polar surface area (TPSA) is 138 Å². The number of carbonyl (C=O) groups excluding carboxylic acids is 3. The zero-order valence-electron chi connectivity index (χ0n) is 19.2. The predicted molar refractivity (Wildman–Crippen MR) is 124 cm³/mol. The molecule has 0 aliphatic rings. The van der Waals surface area contributed by atoms with Crippen LogP contribution in [0.4, 0.5) is 0 Å². The molecule has 1 heterocycles. The quantitative estimate of drug-likeness (QED) is 0.266. The number of hydrogen-bond acceptors (Lipinski definition) is 6. The molecular formula is C25H26N2O7. The SMILES string of the molecule is CCc1c(C(=O)C(N)=O)c2c(OCC(=O)O)cc(C(=O)OC(C)C)cc2n1Cc1ccccc1. The van der Waals surface area contributed by atoms with Gasteiger partial charge in [0.1, 0.15) is 5.75 Å². The molecule has 9 heteroatoms. The van der Waals surface area contributed by atoms with Gasteiger partial charge in [-0.3, -0.25) is 9.59 Å². The van der Waals surface area contributed by atoms with E-state index in [2.05, 4.69) is 0 Å². The Balaban J connectivity index is 2.38. The maximum Gasteiger partial charge on any atom is 0.341 e. The lowest BCUT2D eigenvalue weighted by Gasteiger charge is -2.13. The lowest BCUT2D eigenvalue weighted by Crippen LogP contribution is -2.24. The minimum atomic E-state index is -1.24. The molecule has 0 spiro atoms. The number of carboxylic acid groups (broad SMARTS) is 1. The number of carboxylic acids is 1. The molecule has 0 saturated heterocycles. The number of primary amides is 1. The largest absolute Gasteiger partial charge is 0.481 e. The van der Waals surface area contributed by atoms with Crippen LogP contribution in [0.15, 0.2) is 42.5 Å². The van der Waals surface area contributed by atoms with Crippen molar-refractivity contribution in [2.45, 2.75) is 39.8 Å². The molecule has 0 bridgehead atoms. The minimum absolute atomic E-state index is 0.0262. The van der Waals surface area contributed by atoms with Crippen LogP contribution in [0.1, 0.15) is 52.7 Å². The summed E-state index contributed by atoms with van der Waals surface area (Å²) in [5.41, 5.74) is 7.34. The van der Waals surface area contributed by atoms with Gasteiger partial charge in [-0.1, -0.05) is 37.3 Å². The summed E-state index contributed by atoms with van der Waals surface area (Å²) in [6.45, 7) is 4.84. The lowest BCUT2D eigenvalue weighted by atomic mass is 10.0. The first-order chi connectivity index (χ1) is 16.1. The number of ketones is 1. The van der Waals surface area contributed by atoms with Crippen LogP contribution < -0.4 is 10.5 Å². The lowest BCUT2D eigenvalue weighted by molar-refractivity contribution is -0.139. The van der Waals surface area contributed by atoms with E-state index in [9.17, 15) is 19.2 Å². The summed E-state index contributed by atoms with van der Waals surface area (Å²) in [6.07, 6.45) is -0.0269. The first-order valence-corrected chi connectivity index (χ1v) is 10.8. The van der Waals surface area contributed by atoms with Crippen molar-refractivity contribution in [3.8, 4) is 5.75 Å². The van der Waals surface area contributed by atoms with Crippen molar-refractivity contribution in [1.29, 1.82) is 0 Å². The summed E-state index contributed by atoms with van der Waals surface area (Å²) < 4.78 is 12.6. The third-order valence-electron chi connectivity index (χ3n) is 5.14. The standard InChI is InChI=1S/C25H26N2O7/c1-4-17-22(23(30)24(26)31)21-18(27(17)12-15-8-6-5-7-9-15)10-16(25(32)34-14(2)3)11-19(21)33-13-20(28)29/h5-11,14H,4,12-13H2,1-3H3,(H2,26,31)(H,28,29). The zero-order valence-corrected chi connectivity index (χ0v) is 19.2. The van der Waals surface area contributed by atoms with Gasteiger partial charge in [-0.25, -0.2) is 9.59 Å².